The van der Waals surface area contributed by atoms with Crippen LogP contribution < -0.4 is 16.0 Å². The molecule has 0 spiro atoms. The number of amides is 1. The predicted molar refractivity (Wildman–Crippen MR) is 123 cm³/mol. The second kappa shape index (κ2) is 14.3. The van der Waals surface area contributed by atoms with Crippen LogP contribution in [0.15, 0.2) is 4.99 Å². The summed E-state index contributed by atoms with van der Waals surface area (Å²) < 4.78 is 5.21. The Bertz CT molecular complexity index is 432. The van der Waals surface area contributed by atoms with Crippen molar-refractivity contribution in [3.63, 3.8) is 0 Å². The highest BCUT2D eigenvalue weighted by molar-refractivity contribution is 14.0. The van der Waals surface area contributed by atoms with Crippen molar-refractivity contribution < 1.29 is 9.53 Å². The van der Waals surface area contributed by atoms with E-state index in [0.717, 1.165) is 31.4 Å². The average Bonchev–Trinajstić information content (AvgIpc) is 2.54. The van der Waals surface area contributed by atoms with E-state index < -0.39 is 5.60 Å². The van der Waals surface area contributed by atoms with Gasteiger partial charge in [0.15, 0.2) is 5.96 Å². The van der Waals surface area contributed by atoms with E-state index in [1.807, 2.05) is 20.8 Å². The summed E-state index contributed by atoms with van der Waals surface area (Å²) in [5, 5.41) is 9.46. The molecule has 0 aromatic heterocycles. The highest BCUT2D eigenvalue weighted by atomic mass is 127. The molecule has 0 unspecified atom stereocenters. The highest BCUT2D eigenvalue weighted by Crippen LogP contribution is 2.18. The van der Waals surface area contributed by atoms with Gasteiger partial charge in [0.1, 0.15) is 5.60 Å². The van der Waals surface area contributed by atoms with Gasteiger partial charge in [0.05, 0.1) is 0 Å². The summed E-state index contributed by atoms with van der Waals surface area (Å²) in [4.78, 5) is 18.6. The van der Waals surface area contributed by atoms with Gasteiger partial charge >= 0.3 is 6.09 Å². The van der Waals surface area contributed by atoms with Crippen LogP contribution in [-0.4, -0.2) is 68.9 Å². The lowest BCUT2D eigenvalue weighted by molar-refractivity contribution is 0.0527. The van der Waals surface area contributed by atoms with E-state index >= 15 is 0 Å². The predicted octanol–water partition coefficient (Wildman–Crippen LogP) is 2.81. The zero-order valence-electron chi connectivity index (χ0n) is 17.8. The number of hydrogen-bond acceptors (Lipinski definition) is 4. The smallest absolute Gasteiger partial charge is 0.407 e. The molecule has 1 fully saturated rings. The Morgan fingerprint density at radius 1 is 1.15 bits per heavy atom. The maximum absolute atomic E-state index is 11.6. The van der Waals surface area contributed by atoms with Crippen molar-refractivity contribution in [3.8, 4) is 0 Å². The summed E-state index contributed by atoms with van der Waals surface area (Å²) >= 11 is 0. The quantitative estimate of drug-likeness (QED) is 0.208. The first-order chi connectivity index (χ1) is 12.3. The second-order valence-electron chi connectivity index (χ2n) is 8.00. The fraction of sp³-hybridized carbons (Fsp3) is 0.895. The zero-order chi connectivity index (χ0) is 19.4. The van der Waals surface area contributed by atoms with E-state index in [0.29, 0.717) is 13.1 Å². The molecule has 1 rings (SSSR count). The highest BCUT2D eigenvalue weighted by Gasteiger charge is 2.16. The lowest BCUT2D eigenvalue weighted by Gasteiger charge is -2.29. The zero-order valence-corrected chi connectivity index (χ0v) is 20.1. The Labute approximate surface area is 182 Å². The third-order valence-corrected chi connectivity index (χ3v) is 4.30. The van der Waals surface area contributed by atoms with Crippen LogP contribution in [-0.2, 0) is 4.74 Å². The summed E-state index contributed by atoms with van der Waals surface area (Å²) in [6.45, 7) is 13.1. The Hall–Kier alpha value is -0.770. The topological polar surface area (TPSA) is 78.0 Å². The molecule has 27 heavy (non-hydrogen) atoms. The van der Waals surface area contributed by atoms with Crippen LogP contribution in [0.5, 0.6) is 0 Å². The minimum absolute atomic E-state index is 0. The first-order valence-corrected chi connectivity index (χ1v) is 9.97. The van der Waals surface area contributed by atoms with E-state index in [4.69, 9.17) is 4.74 Å². The Morgan fingerprint density at radius 2 is 1.81 bits per heavy atom. The average molecular weight is 497 g/mol. The normalized spacial score (nSPS) is 16.4. The number of aliphatic imine (C=N–C) groups is 1. The van der Waals surface area contributed by atoms with Crippen LogP contribution >= 0.6 is 24.0 Å². The minimum atomic E-state index is -0.460. The Morgan fingerprint density at radius 3 is 2.41 bits per heavy atom. The van der Waals surface area contributed by atoms with E-state index in [9.17, 15) is 4.79 Å². The van der Waals surface area contributed by atoms with Crippen LogP contribution in [0.2, 0.25) is 0 Å². The molecule has 3 N–H and O–H groups in total. The monoisotopic (exact) mass is 497 g/mol. The molecular weight excluding hydrogens is 457 g/mol. The van der Waals surface area contributed by atoms with Gasteiger partial charge in [-0.15, -0.1) is 24.0 Å². The molecule has 0 radical (unpaired) electrons. The molecule has 160 valence electrons. The van der Waals surface area contributed by atoms with Gasteiger partial charge in [-0.3, -0.25) is 4.99 Å². The van der Waals surface area contributed by atoms with Crippen molar-refractivity contribution in [2.45, 2.75) is 59.0 Å². The molecule has 1 aliphatic heterocycles. The molecule has 8 heteroatoms. The molecule has 1 saturated heterocycles. The number of nitrogens with zero attached hydrogens (tertiary/aromatic N) is 2. The SMILES string of the molecule is CCNC(=NCCCNC(=O)OC(C)(C)C)NCCC1CCN(C)CC1.I. The van der Waals surface area contributed by atoms with Gasteiger partial charge in [0, 0.05) is 26.2 Å². The number of rotatable bonds is 8. The van der Waals surface area contributed by atoms with Crippen LogP contribution in [0, 0.1) is 5.92 Å². The fourth-order valence-corrected chi connectivity index (χ4v) is 2.86. The van der Waals surface area contributed by atoms with Crippen molar-refractivity contribution >= 4 is 36.0 Å². The Balaban J connectivity index is 0.00000676. The summed E-state index contributed by atoms with van der Waals surface area (Å²) in [5.41, 5.74) is -0.460. The maximum Gasteiger partial charge on any atom is 0.407 e. The van der Waals surface area contributed by atoms with Crippen molar-refractivity contribution in [3.05, 3.63) is 0 Å². The third kappa shape index (κ3) is 14.0. The third-order valence-electron chi connectivity index (χ3n) is 4.30. The van der Waals surface area contributed by atoms with Crippen molar-refractivity contribution in [1.29, 1.82) is 0 Å². The maximum atomic E-state index is 11.6. The van der Waals surface area contributed by atoms with E-state index in [1.54, 1.807) is 0 Å². The molecule has 1 aliphatic rings. The molecule has 0 aromatic rings. The van der Waals surface area contributed by atoms with Crippen molar-refractivity contribution in [2.24, 2.45) is 10.9 Å². The minimum Gasteiger partial charge on any atom is -0.444 e. The first-order valence-electron chi connectivity index (χ1n) is 9.97. The largest absolute Gasteiger partial charge is 0.444 e. The number of nitrogens with one attached hydrogen (secondary N) is 3. The summed E-state index contributed by atoms with van der Waals surface area (Å²) in [6, 6.07) is 0. The molecule has 0 aliphatic carbocycles. The summed E-state index contributed by atoms with van der Waals surface area (Å²) in [6.07, 6.45) is 4.19. The van der Waals surface area contributed by atoms with Gasteiger partial charge in [0.25, 0.3) is 0 Å². The number of piperidine rings is 1. The van der Waals surface area contributed by atoms with Crippen LogP contribution in [0.3, 0.4) is 0 Å². The fourth-order valence-electron chi connectivity index (χ4n) is 2.86. The molecular formula is C19H40IN5O2. The van der Waals surface area contributed by atoms with Gasteiger partial charge in [-0.25, -0.2) is 4.79 Å². The number of hydrogen-bond donors (Lipinski definition) is 3. The van der Waals surface area contributed by atoms with Gasteiger partial charge in [0.2, 0.25) is 0 Å². The lowest BCUT2D eigenvalue weighted by atomic mass is 9.94. The number of alkyl carbamates (subject to hydrolysis) is 1. The van der Waals surface area contributed by atoms with Gasteiger partial charge in [-0.05, 0) is 79.4 Å². The van der Waals surface area contributed by atoms with Crippen molar-refractivity contribution in [1.82, 2.24) is 20.9 Å². The number of halogens is 1. The molecule has 0 atom stereocenters. The van der Waals surface area contributed by atoms with Gasteiger partial charge in [-0.2, -0.15) is 0 Å². The Kier molecular flexibility index (Phi) is 13.9. The molecule has 1 heterocycles. The van der Waals surface area contributed by atoms with Crippen LogP contribution in [0.1, 0.15) is 53.4 Å². The van der Waals surface area contributed by atoms with Gasteiger partial charge in [-0.1, -0.05) is 0 Å². The number of guanidine groups is 1. The van der Waals surface area contributed by atoms with Crippen LogP contribution in [0.25, 0.3) is 0 Å². The standard InChI is InChI=1S/C19H39N5O2.HI/c1-6-20-17(22-13-8-16-9-14-24(5)15-10-16)21-11-7-12-23-18(25)26-19(2,3)4;/h16H,6-15H2,1-5H3,(H,23,25)(H2,20,21,22);1H. The number of carbonyl (C=O) groups excluding carboxylic acids is 1. The first kappa shape index (κ1) is 26.2. The van der Waals surface area contributed by atoms with E-state index in [1.165, 1.54) is 32.4 Å². The van der Waals surface area contributed by atoms with E-state index in [2.05, 4.69) is 39.8 Å². The van der Waals surface area contributed by atoms with E-state index in [-0.39, 0.29) is 30.1 Å². The number of carbonyl (C=O) groups is 1. The number of likely N-dealkylation sites (tertiary alicyclic amines) is 1. The molecule has 1 amide bonds. The van der Waals surface area contributed by atoms with Crippen molar-refractivity contribution in [2.75, 3.05) is 46.3 Å². The molecule has 7 nitrogen and oxygen atoms in total. The second-order valence-corrected chi connectivity index (χ2v) is 8.00. The number of ether oxygens (including phenoxy) is 1. The molecule has 0 aromatic carbocycles. The van der Waals surface area contributed by atoms with Crippen LogP contribution in [0.4, 0.5) is 4.79 Å². The summed E-state index contributed by atoms with van der Waals surface area (Å²) in [7, 11) is 2.20. The molecule has 0 bridgehead atoms. The van der Waals surface area contributed by atoms with Gasteiger partial charge < -0.3 is 25.6 Å². The lowest BCUT2D eigenvalue weighted by Crippen LogP contribution is -2.39. The summed E-state index contributed by atoms with van der Waals surface area (Å²) in [5.74, 6) is 1.68. The molecule has 0 saturated carbocycles.